The molecule has 188 valence electrons. The van der Waals surface area contributed by atoms with Crippen LogP contribution in [0.1, 0.15) is 34.3 Å². The predicted molar refractivity (Wildman–Crippen MR) is 124 cm³/mol. The Bertz CT molecular complexity index is 1390. The Labute approximate surface area is 204 Å². The molecule has 1 atom stereocenters. The molecule has 1 amide bonds. The zero-order valence-corrected chi connectivity index (χ0v) is 19.8. The van der Waals surface area contributed by atoms with Gasteiger partial charge in [-0.15, -0.1) is 13.2 Å². The van der Waals surface area contributed by atoms with Crippen LogP contribution in [0.25, 0.3) is 5.76 Å². The summed E-state index contributed by atoms with van der Waals surface area (Å²) in [5.74, 6) is -1.87. The third-order valence-electron chi connectivity index (χ3n) is 5.80. The van der Waals surface area contributed by atoms with E-state index in [1.54, 1.807) is 39.0 Å². The Hall–Kier alpha value is -4.21. The molecule has 0 spiro atoms. The average molecular weight is 501 g/mol. The fraction of sp³-hybridized carbons (Fsp3) is 0.231. The second-order valence-electron chi connectivity index (χ2n) is 8.30. The number of nitrogens with zero attached hydrogens (tertiary/aromatic N) is 1. The van der Waals surface area contributed by atoms with Gasteiger partial charge in [0.1, 0.15) is 34.8 Å². The van der Waals surface area contributed by atoms with Crippen LogP contribution in [0.15, 0.2) is 58.5 Å². The number of carbonyl (C=O) groups excluding carboxylic acids is 2. The molecule has 1 fully saturated rings. The first-order chi connectivity index (χ1) is 16.9. The first-order valence-corrected chi connectivity index (χ1v) is 10.8. The maximum atomic E-state index is 13.2. The number of halogens is 3. The summed E-state index contributed by atoms with van der Waals surface area (Å²) in [4.78, 5) is 27.4. The number of ether oxygens (including phenoxy) is 2. The number of aliphatic hydroxyl groups is 1. The molecule has 7 nitrogen and oxygen atoms in total. The van der Waals surface area contributed by atoms with Gasteiger partial charge in [-0.1, -0.05) is 6.07 Å². The molecular weight excluding hydrogens is 479 g/mol. The van der Waals surface area contributed by atoms with Crippen molar-refractivity contribution in [3.8, 4) is 11.5 Å². The number of aliphatic hydroxyl groups excluding tert-OH is 1. The normalized spacial score (nSPS) is 17.5. The number of carbonyl (C=O) groups is 2. The van der Waals surface area contributed by atoms with Crippen LogP contribution < -0.4 is 14.4 Å². The summed E-state index contributed by atoms with van der Waals surface area (Å²) in [5.41, 5.74) is 1.26. The van der Waals surface area contributed by atoms with E-state index in [1.807, 2.05) is 0 Å². The van der Waals surface area contributed by atoms with Gasteiger partial charge in [-0.25, -0.2) is 0 Å². The molecule has 1 aliphatic heterocycles. The number of benzene rings is 2. The minimum Gasteiger partial charge on any atom is -0.507 e. The predicted octanol–water partition coefficient (Wildman–Crippen LogP) is 5.74. The molecule has 1 unspecified atom stereocenters. The van der Waals surface area contributed by atoms with Crippen molar-refractivity contribution >= 4 is 23.1 Å². The Balaban J connectivity index is 1.92. The number of aryl methyl sites for hydroxylation is 3. The van der Waals surface area contributed by atoms with Crippen molar-refractivity contribution in [2.75, 3.05) is 12.0 Å². The van der Waals surface area contributed by atoms with E-state index in [1.165, 1.54) is 25.3 Å². The second kappa shape index (κ2) is 9.10. The smallest absolute Gasteiger partial charge is 0.507 e. The van der Waals surface area contributed by atoms with Crippen molar-refractivity contribution in [2.24, 2.45) is 0 Å². The molecule has 0 radical (unpaired) electrons. The quantitative estimate of drug-likeness (QED) is 0.273. The van der Waals surface area contributed by atoms with E-state index in [-0.39, 0.29) is 17.0 Å². The van der Waals surface area contributed by atoms with Crippen LogP contribution >= 0.6 is 0 Å². The number of amides is 1. The van der Waals surface area contributed by atoms with Crippen molar-refractivity contribution in [2.45, 2.75) is 33.2 Å². The molecule has 1 N–H and O–H groups in total. The largest absolute Gasteiger partial charge is 0.573 e. The van der Waals surface area contributed by atoms with Crippen molar-refractivity contribution in [1.82, 2.24) is 0 Å². The average Bonchev–Trinajstić information content (AvgIpc) is 3.34. The molecule has 4 rings (SSSR count). The Kier molecular flexibility index (Phi) is 6.30. The minimum atomic E-state index is -4.95. The zero-order chi connectivity index (χ0) is 26.4. The van der Waals surface area contributed by atoms with Crippen LogP contribution in [0.5, 0.6) is 11.5 Å². The minimum absolute atomic E-state index is 0.0420. The number of Topliss-reactive ketones (excluding diaryl/α,β-unsaturated/α-hetero) is 1. The number of anilines is 1. The molecule has 10 heteroatoms. The monoisotopic (exact) mass is 501 g/mol. The van der Waals surface area contributed by atoms with Crippen molar-refractivity contribution in [1.29, 1.82) is 0 Å². The SMILES string of the molecule is COc1cc(C)c(/C(O)=C2\C(=O)C(=O)N(c3cccc(OC(F)(F)F)c3)C2c2ccc(C)o2)cc1C. The van der Waals surface area contributed by atoms with E-state index >= 15 is 0 Å². The van der Waals surface area contributed by atoms with Crippen LogP contribution in [-0.4, -0.2) is 30.3 Å². The number of alkyl halides is 3. The van der Waals surface area contributed by atoms with Gasteiger partial charge in [-0.3, -0.25) is 14.5 Å². The van der Waals surface area contributed by atoms with Gasteiger partial charge in [-0.05, 0) is 68.3 Å². The molecule has 0 saturated carbocycles. The maximum absolute atomic E-state index is 13.2. The highest BCUT2D eigenvalue weighted by Gasteiger charge is 2.48. The summed E-state index contributed by atoms with van der Waals surface area (Å²) in [6.07, 6.45) is -4.95. The lowest BCUT2D eigenvalue weighted by Gasteiger charge is -2.24. The lowest BCUT2D eigenvalue weighted by Crippen LogP contribution is -2.29. The molecule has 3 aromatic rings. The second-order valence-corrected chi connectivity index (χ2v) is 8.30. The first kappa shape index (κ1) is 24.9. The fourth-order valence-electron chi connectivity index (χ4n) is 4.21. The lowest BCUT2D eigenvalue weighted by molar-refractivity contribution is -0.274. The highest BCUT2D eigenvalue weighted by atomic mass is 19.4. The summed E-state index contributed by atoms with van der Waals surface area (Å²) < 4.78 is 53.4. The summed E-state index contributed by atoms with van der Waals surface area (Å²) in [5, 5.41) is 11.3. The zero-order valence-electron chi connectivity index (χ0n) is 19.8. The Morgan fingerprint density at radius 1 is 1.03 bits per heavy atom. The molecule has 0 aliphatic carbocycles. The van der Waals surface area contributed by atoms with E-state index in [0.717, 1.165) is 17.0 Å². The van der Waals surface area contributed by atoms with Crippen LogP contribution in [0.4, 0.5) is 18.9 Å². The van der Waals surface area contributed by atoms with Gasteiger partial charge in [0.2, 0.25) is 0 Å². The number of hydrogen-bond donors (Lipinski definition) is 1. The maximum Gasteiger partial charge on any atom is 0.573 e. The lowest BCUT2D eigenvalue weighted by atomic mass is 9.95. The van der Waals surface area contributed by atoms with E-state index in [0.29, 0.717) is 28.2 Å². The van der Waals surface area contributed by atoms with Crippen LogP contribution in [0.3, 0.4) is 0 Å². The van der Waals surface area contributed by atoms with Gasteiger partial charge in [-0.2, -0.15) is 0 Å². The fourth-order valence-corrected chi connectivity index (χ4v) is 4.21. The molecule has 2 heterocycles. The summed E-state index contributed by atoms with van der Waals surface area (Å²) in [7, 11) is 1.50. The summed E-state index contributed by atoms with van der Waals surface area (Å²) in [6, 6.07) is 9.91. The van der Waals surface area contributed by atoms with Gasteiger partial charge >= 0.3 is 6.36 Å². The number of hydrogen-bond acceptors (Lipinski definition) is 6. The summed E-state index contributed by atoms with van der Waals surface area (Å²) >= 11 is 0. The molecule has 1 aliphatic rings. The molecule has 1 aromatic heterocycles. The van der Waals surface area contributed by atoms with E-state index in [4.69, 9.17) is 9.15 Å². The van der Waals surface area contributed by atoms with Crippen molar-refractivity contribution in [3.63, 3.8) is 0 Å². The van der Waals surface area contributed by atoms with Crippen molar-refractivity contribution in [3.05, 3.63) is 82.3 Å². The highest BCUT2D eigenvalue weighted by molar-refractivity contribution is 6.51. The molecule has 2 aromatic carbocycles. The Morgan fingerprint density at radius 2 is 1.75 bits per heavy atom. The van der Waals surface area contributed by atoms with Gasteiger partial charge < -0.3 is 19.0 Å². The number of furan rings is 1. The molecule has 36 heavy (non-hydrogen) atoms. The van der Waals surface area contributed by atoms with Crippen molar-refractivity contribution < 1.29 is 41.8 Å². The van der Waals surface area contributed by atoms with Crippen LogP contribution in [-0.2, 0) is 9.59 Å². The molecular formula is C26H22F3NO6. The van der Waals surface area contributed by atoms with E-state index < -0.39 is 35.6 Å². The van der Waals surface area contributed by atoms with Gasteiger partial charge in [0.05, 0.1) is 12.7 Å². The topological polar surface area (TPSA) is 89.2 Å². The third-order valence-corrected chi connectivity index (χ3v) is 5.80. The Morgan fingerprint density at radius 3 is 2.36 bits per heavy atom. The molecule has 0 bridgehead atoms. The number of rotatable bonds is 5. The summed E-state index contributed by atoms with van der Waals surface area (Å²) in [6.45, 7) is 5.12. The van der Waals surface area contributed by atoms with Crippen LogP contribution in [0, 0.1) is 20.8 Å². The van der Waals surface area contributed by atoms with Crippen LogP contribution in [0.2, 0.25) is 0 Å². The van der Waals surface area contributed by atoms with Gasteiger partial charge in [0, 0.05) is 17.3 Å². The van der Waals surface area contributed by atoms with Gasteiger partial charge in [0.15, 0.2) is 0 Å². The standard InChI is InChI=1S/C26H22F3NO6/c1-13-11-20(34-4)14(2)10-18(13)23(31)21-22(19-9-8-15(3)35-19)30(25(33)24(21)32)16-6-5-7-17(12-16)36-26(27,28)29/h5-12,22,31H,1-4H3/b23-21+. The number of ketones is 1. The van der Waals surface area contributed by atoms with E-state index in [2.05, 4.69) is 4.74 Å². The number of methoxy groups -OCH3 is 1. The highest BCUT2D eigenvalue weighted by Crippen LogP contribution is 2.44. The van der Waals surface area contributed by atoms with Gasteiger partial charge in [0.25, 0.3) is 11.7 Å². The van der Waals surface area contributed by atoms with E-state index in [9.17, 15) is 27.9 Å². The molecule has 1 saturated heterocycles. The third kappa shape index (κ3) is 4.53. The first-order valence-electron chi connectivity index (χ1n) is 10.8.